The molecule has 30 heavy (non-hydrogen) atoms. The van der Waals surface area contributed by atoms with E-state index >= 15 is 0 Å². The molecule has 0 atom stereocenters. The summed E-state index contributed by atoms with van der Waals surface area (Å²) < 4.78 is 0.903. The average Bonchev–Trinajstić information content (AvgIpc) is 3.24. The number of nitrogens with zero attached hydrogens (tertiary/aromatic N) is 2. The highest BCUT2D eigenvalue weighted by Crippen LogP contribution is 2.26. The summed E-state index contributed by atoms with van der Waals surface area (Å²) in [4.78, 5) is 24.8. The van der Waals surface area contributed by atoms with Crippen molar-refractivity contribution in [1.29, 1.82) is 0 Å². The smallest absolute Gasteiger partial charge is 0.257 e. The van der Waals surface area contributed by atoms with Crippen molar-refractivity contribution in [2.75, 3.05) is 10.6 Å². The lowest BCUT2D eigenvalue weighted by molar-refractivity contribution is 0.102. The molecule has 4 rings (SSSR count). The molecule has 2 amide bonds. The van der Waals surface area contributed by atoms with Gasteiger partial charge in [0, 0.05) is 26.9 Å². The molecule has 0 aliphatic rings. The number of aromatic nitrogens is 2. The quantitative estimate of drug-likeness (QED) is 0.398. The molecule has 0 bridgehead atoms. The number of nitrogens with one attached hydrogen (secondary N) is 2. The molecule has 2 N–H and O–H groups in total. The predicted molar refractivity (Wildman–Crippen MR) is 122 cm³/mol. The maximum absolute atomic E-state index is 12.5. The van der Waals surface area contributed by atoms with Crippen LogP contribution in [-0.2, 0) is 0 Å². The number of anilines is 2. The number of carbonyl (C=O) groups is 2. The Balaban J connectivity index is 1.39. The largest absolute Gasteiger partial charge is 0.322 e. The van der Waals surface area contributed by atoms with Crippen LogP contribution in [0.1, 0.15) is 20.7 Å². The van der Waals surface area contributed by atoms with Gasteiger partial charge in [0.05, 0.1) is 0 Å². The third kappa shape index (κ3) is 4.79. The van der Waals surface area contributed by atoms with Crippen LogP contribution < -0.4 is 10.6 Å². The zero-order valence-corrected chi connectivity index (χ0v) is 17.9. The van der Waals surface area contributed by atoms with E-state index in [2.05, 4.69) is 36.8 Å². The Morgan fingerprint density at radius 2 is 1.33 bits per heavy atom. The van der Waals surface area contributed by atoms with Crippen LogP contribution in [0.3, 0.4) is 0 Å². The standard InChI is InChI=1S/C22H15BrN4O2S/c23-17-10-6-14(7-11-17)19(28)24-18-12-8-15(9-13-18)20(29)25-22-27-26-21(30-22)16-4-2-1-3-5-16/h1-13H,(H,24,28)(H,25,27,29). The number of carbonyl (C=O) groups excluding carboxylic acids is 2. The summed E-state index contributed by atoms with van der Waals surface area (Å²) in [6.45, 7) is 0. The van der Waals surface area contributed by atoms with Crippen LogP contribution in [0.15, 0.2) is 83.3 Å². The molecule has 0 aliphatic heterocycles. The second kappa shape index (κ2) is 8.98. The van der Waals surface area contributed by atoms with Gasteiger partial charge < -0.3 is 5.32 Å². The van der Waals surface area contributed by atoms with Gasteiger partial charge in [0.15, 0.2) is 0 Å². The van der Waals surface area contributed by atoms with Crippen LogP contribution in [0, 0.1) is 0 Å². The van der Waals surface area contributed by atoms with Gasteiger partial charge in [0.25, 0.3) is 11.8 Å². The number of benzene rings is 3. The lowest BCUT2D eigenvalue weighted by atomic mass is 10.1. The summed E-state index contributed by atoms with van der Waals surface area (Å²) >= 11 is 4.65. The maximum Gasteiger partial charge on any atom is 0.257 e. The Hall–Kier alpha value is -3.36. The first-order valence-corrected chi connectivity index (χ1v) is 10.6. The molecule has 0 aliphatic carbocycles. The Labute approximate surface area is 185 Å². The summed E-state index contributed by atoms with van der Waals surface area (Å²) in [5.41, 5.74) is 2.54. The third-order valence-electron chi connectivity index (χ3n) is 4.18. The normalized spacial score (nSPS) is 10.4. The first-order valence-electron chi connectivity index (χ1n) is 8.96. The summed E-state index contributed by atoms with van der Waals surface area (Å²) in [7, 11) is 0. The van der Waals surface area contributed by atoms with Crippen LogP contribution >= 0.6 is 27.3 Å². The summed E-state index contributed by atoms with van der Waals surface area (Å²) in [5, 5.41) is 14.9. The van der Waals surface area contributed by atoms with E-state index in [1.54, 1.807) is 48.5 Å². The van der Waals surface area contributed by atoms with Crippen molar-refractivity contribution in [3.63, 3.8) is 0 Å². The van der Waals surface area contributed by atoms with E-state index in [4.69, 9.17) is 0 Å². The minimum atomic E-state index is -0.295. The van der Waals surface area contributed by atoms with Crippen LogP contribution in [0.25, 0.3) is 10.6 Å². The Morgan fingerprint density at radius 3 is 2.00 bits per heavy atom. The Kier molecular flexibility index (Phi) is 5.97. The maximum atomic E-state index is 12.5. The van der Waals surface area contributed by atoms with Crippen LogP contribution in [0.2, 0.25) is 0 Å². The average molecular weight is 479 g/mol. The van der Waals surface area contributed by atoms with Gasteiger partial charge in [0.1, 0.15) is 5.01 Å². The zero-order chi connectivity index (χ0) is 20.9. The summed E-state index contributed by atoms with van der Waals surface area (Å²) in [6.07, 6.45) is 0. The molecule has 0 radical (unpaired) electrons. The number of rotatable bonds is 5. The molecule has 4 aromatic rings. The monoisotopic (exact) mass is 478 g/mol. The molecule has 0 saturated heterocycles. The van der Waals surface area contributed by atoms with Crippen molar-refractivity contribution in [3.8, 4) is 10.6 Å². The third-order valence-corrected chi connectivity index (χ3v) is 5.59. The molecule has 0 spiro atoms. The predicted octanol–water partition coefficient (Wildman–Crippen LogP) is 5.47. The van der Waals surface area contributed by atoms with Crippen molar-refractivity contribution in [2.45, 2.75) is 0 Å². The first kappa shape index (κ1) is 19.9. The van der Waals surface area contributed by atoms with Crippen LogP contribution in [-0.4, -0.2) is 22.0 Å². The lowest BCUT2D eigenvalue weighted by Gasteiger charge is -2.07. The Morgan fingerprint density at radius 1 is 0.733 bits per heavy atom. The van der Waals surface area contributed by atoms with Crippen LogP contribution in [0.4, 0.5) is 10.8 Å². The molecule has 1 aromatic heterocycles. The topological polar surface area (TPSA) is 84.0 Å². The molecule has 3 aromatic carbocycles. The number of hydrogen-bond donors (Lipinski definition) is 2. The second-order valence-electron chi connectivity index (χ2n) is 6.27. The zero-order valence-electron chi connectivity index (χ0n) is 15.5. The number of hydrogen-bond acceptors (Lipinski definition) is 5. The van der Waals surface area contributed by atoms with Crippen LogP contribution in [0.5, 0.6) is 0 Å². The lowest BCUT2D eigenvalue weighted by Crippen LogP contribution is -2.13. The van der Waals surface area contributed by atoms with Crippen molar-refractivity contribution in [3.05, 3.63) is 94.5 Å². The summed E-state index contributed by atoms with van der Waals surface area (Å²) in [5.74, 6) is -0.515. The van der Waals surface area contributed by atoms with Gasteiger partial charge in [0.2, 0.25) is 5.13 Å². The molecule has 0 saturated carbocycles. The summed E-state index contributed by atoms with van der Waals surface area (Å²) in [6, 6.07) is 23.4. The molecular weight excluding hydrogens is 464 g/mol. The van der Waals surface area contributed by atoms with E-state index in [1.165, 1.54) is 11.3 Å². The van der Waals surface area contributed by atoms with Gasteiger partial charge in [-0.05, 0) is 48.5 Å². The van der Waals surface area contributed by atoms with Gasteiger partial charge in [-0.2, -0.15) is 0 Å². The molecule has 8 heteroatoms. The van der Waals surface area contributed by atoms with Gasteiger partial charge in [-0.15, -0.1) is 10.2 Å². The minimum absolute atomic E-state index is 0.220. The first-order chi connectivity index (χ1) is 14.6. The van der Waals surface area contributed by atoms with Gasteiger partial charge in [-0.3, -0.25) is 14.9 Å². The SMILES string of the molecule is O=C(Nc1ccc(C(=O)Nc2nnc(-c3ccccc3)s2)cc1)c1ccc(Br)cc1. The fourth-order valence-corrected chi connectivity index (χ4v) is 3.66. The highest BCUT2D eigenvalue weighted by molar-refractivity contribution is 9.10. The molecule has 0 unspecified atom stereocenters. The van der Waals surface area contributed by atoms with E-state index in [0.29, 0.717) is 21.9 Å². The molecule has 1 heterocycles. The fraction of sp³-hybridized carbons (Fsp3) is 0. The van der Waals surface area contributed by atoms with Gasteiger partial charge in [-0.1, -0.05) is 57.6 Å². The molecular formula is C22H15BrN4O2S. The molecule has 0 fully saturated rings. The molecule has 148 valence electrons. The van der Waals surface area contributed by atoms with E-state index < -0.39 is 0 Å². The highest BCUT2D eigenvalue weighted by atomic mass is 79.9. The van der Waals surface area contributed by atoms with E-state index in [-0.39, 0.29) is 11.8 Å². The minimum Gasteiger partial charge on any atom is -0.322 e. The number of amides is 2. The molecule has 6 nitrogen and oxygen atoms in total. The van der Waals surface area contributed by atoms with Gasteiger partial charge in [-0.25, -0.2) is 0 Å². The van der Waals surface area contributed by atoms with Crippen molar-refractivity contribution in [1.82, 2.24) is 10.2 Å². The van der Waals surface area contributed by atoms with E-state index in [0.717, 1.165) is 15.0 Å². The second-order valence-corrected chi connectivity index (χ2v) is 8.16. The van der Waals surface area contributed by atoms with Gasteiger partial charge >= 0.3 is 0 Å². The van der Waals surface area contributed by atoms with Crippen molar-refractivity contribution >= 4 is 49.9 Å². The Bertz CT molecular complexity index is 1180. The number of halogens is 1. The van der Waals surface area contributed by atoms with Crippen molar-refractivity contribution < 1.29 is 9.59 Å². The van der Waals surface area contributed by atoms with Crippen molar-refractivity contribution in [2.24, 2.45) is 0 Å². The van der Waals surface area contributed by atoms with E-state index in [9.17, 15) is 9.59 Å². The highest BCUT2D eigenvalue weighted by Gasteiger charge is 2.12. The fourth-order valence-electron chi connectivity index (χ4n) is 2.65. The van der Waals surface area contributed by atoms with E-state index in [1.807, 2.05) is 30.3 Å².